The minimum atomic E-state index is 0.0939. The second kappa shape index (κ2) is 8.78. The van der Waals surface area contributed by atoms with Crippen LogP contribution in [0.25, 0.3) is 0 Å². The van der Waals surface area contributed by atoms with Gasteiger partial charge in [-0.2, -0.15) is 0 Å². The van der Waals surface area contributed by atoms with Gasteiger partial charge in [0.05, 0.1) is 13.2 Å². The van der Waals surface area contributed by atoms with Crippen molar-refractivity contribution in [3.05, 3.63) is 21.9 Å². The van der Waals surface area contributed by atoms with Crippen molar-refractivity contribution in [3.63, 3.8) is 0 Å². The number of carbonyl (C=O) groups excluding carboxylic acids is 1. The number of nitrogens with zero attached hydrogens (tertiary/aromatic N) is 1. The van der Waals surface area contributed by atoms with E-state index in [0.29, 0.717) is 13.0 Å². The number of carbonyl (C=O) groups is 1. The molecule has 0 bridgehead atoms. The summed E-state index contributed by atoms with van der Waals surface area (Å²) in [4.78, 5) is 15.1. The Morgan fingerprint density at radius 3 is 2.75 bits per heavy atom. The number of thiophene rings is 1. The smallest absolute Gasteiger partial charge is 0.225 e. The molecule has 0 atom stereocenters. The highest BCUT2D eigenvalue weighted by Crippen LogP contribution is 2.18. The fraction of sp³-hybridized carbons (Fsp3) is 0.562. The van der Waals surface area contributed by atoms with Crippen molar-refractivity contribution in [2.24, 2.45) is 5.92 Å². The fourth-order valence-corrected chi connectivity index (χ4v) is 2.88. The van der Waals surface area contributed by atoms with Crippen LogP contribution in [-0.2, 0) is 11.3 Å². The molecule has 4 heteroatoms. The van der Waals surface area contributed by atoms with Gasteiger partial charge in [0, 0.05) is 35.2 Å². The van der Waals surface area contributed by atoms with Crippen LogP contribution in [0.15, 0.2) is 11.4 Å². The number of rotatable bonds is 6. The van der Waals surface area contributed by atoms with E-state index in [1.165, 1.54) is 0 Å². The summed E-state index contributed by atoms with van der Waals surface area (Å²) in [5.41, 5.74) is 0.960. The van der Waals surface area contributed by atoms with E-state index in [1.807, 2.05) is 18.5 Å². The zero-order valence-electron chi connectivity index (χ0n) is 12.5. The van der Waals surface area contributed by atoms with Crippen LogP contribution in [0.2, 0.25) is 0 Å². The predicted octanol–water partition coefficient (Wildman–Crippen LogP) is 2.88. The highest BCUT2D eigenvalue weighted by Gasteiger charge is 2.18. The molecular weight excluding hydrogens is 270 g/mol. The van der Waals surface area contributed by atoms with Gasteiger partial charge in [0.15, 0.2) is 0 Å². The van der Waals surface area contributed by atoms with E-state index in [1.54, 1.807) is 16.2 Å². The highest BCUT2D eigenvalue weighted by molar-refractivity contribution is 7.10. The molecule has 1 aromatic heterocycles. The van der Waals surface area contributed by atoms with Crippen LogP contribution in [-0.4, -0.2) is 29.6 Å². The van der Waals surface area contributed by atoms with Crippen LogP contribution in [0.5, 0.6) is 0 Å². The maximum absolute atomic E-state index is 12.2. The second-order valence-corrected chi connectivity index (χ2v) is 5.78. The number of amides is 1. The zero-order valence-corrected chi connectivity index (χ0v) is 13.3. The lowest BCUT2D eigenvalue weighted by atomic mass is 10.0. The van der Waals surface area contributed by atoms with Crippen molar-refractivity contribution < 1.29 is 9.90 Å². The molecule has 0 aromatic carbocycles. The van der Waals surface area contributed by atoms with Crippen molar-refractivity contribution in [2.45, 2.75) is 39.7 Å². The topological polar surface area (TPSA) is 40.5 Å². The predicted molar refractivity (Wildman–Crippen MR) is 83.4 cm³/mol. The molecule has 1 rings (SSSR count). The molecule has 0 fully saturated rings. The zero-order chi connectivity index (χ0) is 15.0. The van der Waals surface area contributed by atoms with Crippen LogP contribution in [0, 0.1) is 17.8 Å². The Morgan fingerprint density at radius 1 is 1.45 bits per heavy atom. The quantitative estimate of drug-likeness (QED) is 0.819. The van der Waals surface area contributed by atoms with Gasteiger partial charge in [0.1, 0.15) is 0 Å². The lowest BCUT2D eigenvalue weighted by Crippen LogP contribution is -2.31. The molecule has 0 spiro atoms. The summed E-state index contributed by atoms with van der Waals surface area (Å²) < 4.78 is 0. The third-order valence-corrected chi connectivity index (χ3v) is 4.15. The van der Waals surface area contributed by atoms with E-state index in [-0.39, 0.29) is 18.4 Å². The number of aliphatic hydroxyl groups excluding tert-OH is 1. The molecule has 1 aromatic rings. The number of hydrogen-bond acceptors (Lipinski definition) is 3. The molecule has 1 N–H and O–H groups in total. The first-order valence-corrected chi connectivity index (χ1v) is 7.92. The van der Waals surface area contributed by atoms with Crippen LogP contribution >= 0.6 is 11.3 Å². The van der Waals surface area contributed by atoms with Gasteiger partial charge in [-0.3, -0.25) is 4.79 Å². The van der Waals surface area contributed by atoms with Gasteiger partial charge in [-0.15, -0.1) is 11.3 Å². The maximum Gasteiger partial charge on any atom is 0.225 e. The van der Waals surface area contributed by atoms with E-state index in [9.17, 15) is 4.79 Å². The number of aliphatic hydroxyl groups is 1. The molecule has 110 valence electrons. The summed E-state index contributed by atoms with van der Waals surface area (Å²) in [6, 6.07) is 2.02. The molecule has 0 aliphatic rings. The maximum atomic E-state index is 12.2. The van der Waals surface area contributed by atoms with E-state index in [4.69, 9.17) is 5.11 Å². The average molecular weight is 293 g/mol. The third-order valence-electron chi connectivity index (χ3n) is 3.23. The summed E-state index contributed by atoms with van der Waals surface area (Å²) in [6.07, 6.45) is 2.28. The van der Waals surface area contributed by atoms with Crippen LogP contribution in [0.4, 0.5) is 0 Å². The number of hydrogen-bond donors (Lipinski definition) is 1. The third kappa shape index (κ3) is 4.99. The SMILES string of the molecule is CCC(CC)C(=O)N(C)Cc1cc(C#CCCO)cs1. The van der Waals surface area contributed by atoms with Crippen molar-refractivity contribution in [1.82, 2.24) is 4.90 Å². The Labute approximate surface area is 125 Å². The summed E-state index contributed by atoms with van der Waals surface area (Å²) in [5, 5.41) is 10.7. The minimum Gasteiger partial charge on any atom is -0.395 e. The van der Waals surface area contributed by atoms with Gasteiger partial charge in [-0.05, 0) is 18.9 Å². The standard InChI is InChI=1S/C16H23NO2S/c1-4-14(5-2)16(19)17(3)11-15-10-13(12-20-15)8-6-7-9-18/h10,12,14,18H,4-5,7,9,11H2,1-3H3. The largest absolute Gasteiger partial charge is 0.395 e. The monoisotopic (exact) mass is 293 g/mol. The summed E-state index contributed by atoms with van der Waals surface area (Å²) in [7, 11) is 1.86. The van der Waals surface area contributed by atoms with E-state index >= 15 is 0 Å². The van der Waals surface area contributed by atoms with Crippen LogP contribution in [0.1, 0.15) is 43.6 Å². The fourth-order valence-electron chi connectivity index (χ4n) is 2.01. The van der Waals surface area contributed by atoms with Crippen molar-refractivity contribution in [3.8, 4) is 11.8 Å². The normalized spacial score (nSPS) is 10.2. The lowest BCUT2D eigenvalue weighted by Gasteiger charge is -2.21. The van der Waals surface area contributed by atoms with Gasteiger partial charge in [0.25, 0.3) is 0 Å². The minimum absolute atomic E-state index is 0.0939. The molecule has 1 heterocycles. The first-order valence-electron chi connectivity index (χ1n) is 7.04. The summed E-state index contributed by atoms with van der Waals surface area (Å²) >= 11 is 1.62. The first kappa shape index (κ1) is 16.7. The molecule has 0 saturated carbocycles. The Kier molecular flexibility index (Phi) is 7.35. The second-order valence-electron chi connectivity index (χ2n) is 4.78. The van der Waals surface area contributed by atoms with Gasteiger partial charge in [-0.25, -0.2) is 0 Å². The summed E-state index contributed by atoms with van der Waals surface area (Å²) in [6.45, 7) is 4.85. The Bertz CT molecular complexity index is 480. The van der Waals surface area contributed by atoms with E-state index in [2.05, 4.69) is 25.7 Å². The van der Waals surface area contributed by atoms with Crippen molar-refractivity contribution in [1.29, 1.82) is 0 Å². The Balaban J connectivity index is 2.61. The van der Waals surface area contributed by atoms with Crippen molar-refractivity contribution in [2.75, 3.05) is 13.7 Å². The van der Waals surface area contributed by atoms with Crippen LogP contribution in [0.3, 0.4) is 0 Å². The molecule has 0 radical (unpaired) electrons. The molecule has 0 aliphatic carbocycles. The van der Waals surface area contributed by atoms with E-state index in [0.717, 1.165) is 23.3 Å². The van der Waals surface area contributed by atoms with Crippen molar-refractivity contribution >= 4 is 17.2 Å². The lowest BCUT2D eigenvalue weighted by molar-refractivity contribution is -0.134. The van der Waals surface area contributed by atoms with Gasteiger partial charge in [-0.1, -0.05) is 25.7 Å². The first-order chi connectivity index (χ1) is 9.62. The molecule has 1 amide bonds. The van der Waals surface area contributed by atoms with E-state index < -0.39 is 0 Å². The Morgan fingerprint density at radius 2 is 2.15 bits per heavy atom. The van der Waals surface area contributed by atoms with Gasteiger partial charge in [0.2, 0.25) is 5.91 Å². The molecule has 0 unspecified atom stereocenters. The highest BCUT2D eigenvalue weighted by atomic mass is 32.1. The van der Waals surface area contributed by atoms with Gasteiger partial charge < -0.3 is 10.0 Å². The molecule has 3 nitrogen and oxygen atoms in total. The van der Waals surface area contributed by atoms with Crippen LogP contribution < -0.4 is 0 Å². The average Bonchev–Trinajstić information content (AvgIpc) is 2.88. The molecule has 20 heavy (non-hydrogen) atoms. The van der Waals surface area contributed by atoms with Gasteiger partial charge >= 0.3 is 0 Å². The molecular formula is C16H23NO2S. The Hall–Kier alpha value is -1.31. The summed E-state index contributed by atoms with van der Waals surface area (Å²) in [5.74, 6) is 6.26. The molecule has 0 saturated heterocycles. The molecule has 0 aliphatic heterocycles.